The van der Waals surface area contributed by atoms with E-state index in [0.717, 1.165) is 6.54 Å². The van der Waals surface area contributed by atoms with Crippen molar-refractivity contribution >= 4 is 0 Å². The first kappa shape index (κ1) is 5.98. The van der Waals surface area contributed by atoms with Crippen LogP contribution < -0.4 is 11.1 Å². The van der Waals surface area contributed by atoms with Gasteiger partial charge < -0.3 is 11.1 Å². The maximum Gasteiger partial charge on any atom is 0.118 e. The predicted molar refractivity (Wildman–Crippen MR) is 30.4 cm³/mol. The molecule has 0 amide bonds. The Labute approximate surface area is 48.2 Å². The van der Waals surface area contributed by atoms with E-state index in [4.69, 9.17) is 5.73 Å². The molecule has 0 unspecified atom stereocenters. The smallest absolute Gasteiger partial charge is 0.118 e. The lowest BCUT2D eigenvalue weighted by Crippen LogP contribution is -2.47. The van der Waals surface area contributed by atoms with E-state index in [0.29, 0.717) is 13.0 Å². The minimum absolute atomic E-state index is 0.274. The first-order valence-corrected chi connectivity index (χ1v) is 2.91. The Morgan fingerprint density at radius 3 is 2.75 bits per heavy atom. The lowest BCUT2D eigenvalue weighted by atomic mass is 10.1. The molecule has 1 aliphatic heterocycles. The zero-order chi connectivity index (χ0) is 5.98. The third-order valence-corrected chi connectivity index (χ3v) is 1.44. The molecule has 0 aromatic carbocycles. The molecule has 0 aromatic rings. The average molecular weight is 118 g/mol. The van der Waals surface area contributed by atoms with Gasteiger partial charge in [0.1, 0.15) is 6.17 Å². The second kappa shape index (κ2) is 2.42. The summed E-state index contributed by atoms with van der Waals surface area (Å²) in [7, 11) is 0. The van der Waals surface area contributed by atoms with Gasteiger partial charge in [0.15, 0.2) is 0 Å². The first-order chi connectivity index (χ1) is 3.80. The van der Waals surface area contributed by atoms with Crippen LogP contribution in [0.4, 0.5) is 4.39 Å². The van der Waals surface area contributed by atoms with Crippen LogP contribution in [0, 0.1) is 0 Å². The maximum atomic E-state index is 12.4. The number of halogens is 1. The summed E-state index contributed by atoms with van der Waals surface area (Å²) in [6.07, 6.45) is -0.211. The monoisotopic (exact) mass is 118 g/mol. The maximum absolute atomic E-state index is 12.4. The van der Waals surface area contributed by atoms with Crippen LogP contribution in [0.3, 0.4) is 0 Å². The average Bonchev–Trinajstić information content (AvgIpc) is 1.77. The van der Waals surface area contributed by atoms with Gasteiger partial charge in [-0.1, -0.05) is 0 Å². The highest BCUT2D eigenvalue weighted by Gasteiger charge is 2.19. The number of hydrogen-bond acceptors (Lipinski definition) is 2. The Kier molecular flexibility index (Phi) is 1.81. The Bertz CT molecular complexity index is 66.8. The third-order valence-electron chi connectivity index (χ3n) is 1.44. The molecule has 1 fully saturated rings. The van der Waals surface area contributed by atoms with Crippen molar-refractivity contribution in [2.24, 2.45) is 5.73 Å². The van der Waals surface area contributed by atoms with Gasteiger partial charge in [-0.15, -0.1) is 0 Å². The summed E-state index contributed by atoms with van der Waals surface area (Å²) >= 11 is 0. The summed E-state index contributed by atoms with van der Waals surface area (Å²) in [6.45, 7) is 1.40. The molecule has 0 saturated carbocycles. The molecule has 1 heterocycles. The lowest BCUT2D eigenvalue weighted by Gasteiger charge is -2.22. The SMILES string of the molecule is N[C@@H]1CNCC[C@H]1F. The van der Waals surface area contributed by atoms with Crippen molar-refractivity contribution < 1.29 is 4.39 Å². The molecule has 3 N–H and O–H groups in total. The number of hydrogen-bond donors (Lipinski definition) is 2. The van der Waals surface area contributed by atoms with E-state index in [9.17, 15) is 4.39 Å². The van der Waals surface area contributed by atoms with E-state index in [2.05, 4.69) is 5.32 Å². The molecule has 0 radical (unpaired) electrons. The minimum atomic E-state index is -0.781. The van der Waals surface area contributed by atoms with Crippen LogP contribution in [0.25, 0.3) is 0 Å². The number of nitrogens with two attached hydrogens (primary N) is 1. The van der Waals surface area contributed by atoms with Crippen LogP contribution in [-0.4, -0.2) is 25.3 Å². The van der Waals surface area contributed by atoms with Gasteiger partial charge in [-0.3, -0.25) is 0 Å². The van der Waals surface area contributed by atoms with Crippen molar-refractivity contribution in [3.8, 4) is 0 Å². The Morgan fingerprint density at radius 1 is 1.62 bits per heavy atom. The summed E-state index contributed by atoms with van der Waals surface area (Å²) in [5.41, 5.74) is 5.34. The van der Waals surface area contributed by atoms with Crippen molar-refractivity contribution in [2.45, 2.75) is 18.6 Å². The topological polar surface area (TPSA) is 38.0 Å². The van der Waals surface area contributed by atoms with Crippen molar-refractivity contribution in [3.05, 3.63) is 0 Å². The number of piperidine rings is 1. The minimum Gasteiger partial charge on any atom is -0.324 e. The molecule has 2 atom stereocenters. The molecule has 0 aliphatic carbocycles. The zero-order valence-corrected chi connectivity index (χ0v) is 4.73. The Balaban J connectivity index is 2.28. The molecule has 0 bridgehead atoms. The van der Waals surface area contributed by atoms with Crippen LogP contribution >= 0.6 is 0 Å². The molecule has 3 heteroatoms. The fraction of sp³-hybridized carbons (Fsp3) is 1.00. The highest BCUT2D eigenvalue weighted by Crippen LogP contribution is 2.04. The molecule has 1 rings (SSSR count). The molecule has 1 aliphatic rings. The molecule has 8 heavy (non-hydrogen) atoms. The van der Waals surface area contributed by atoms with Gasteiger partial charge in [0, 0.05) is 12.6 Å². The van der Waals surface area contributed by atoms with Gasteiger partial charge >= 0.3 is 0 Å². The lowest BCUT2D eigenvalue weighted by molar-refractivity contribution is 0.229. The van der Waals surface area contributed by atoms with Crippen LogP contribution in [0.15, 0.2) is 0 Å². The van der Waals surface area contributed by atoms with Crippen molar-refractivity contribution in [3.63, 3.8) is 0 Å². The number of alkyl halides is 1. The predicted octanol–water partition coefficient (Wildman–Crippen LogP) is -0.355. The van der Waals surface area contributed by atoms with E-state index in [1.165, 1.54) is 0 Å². The van der Waals surface area contributed by atoms with E-state index < -0.39 is 6.17 Å². The number of nitrogens with one attached hydrogen (secondary N) is 1. The third kappa shape index (κ3) is 1.17. The normalized spacial score (nSPS) is 39.8. The van der Waals surface area contributed by atoms with Gasteiger partial charge in [-0.25, -0.2) is 4.39 Å². The fourth-order valence-corrected chi connectivity index (χ4v) is 0.851. The van der Waals surface area contributed by atoms with Crippen molar-refractivity contribution in [1.29, 1.82) is 0 Å². The molecule has 0 aromatic heterocycles. The standard InChI is InChI=1S/C5H11FN2/c6-4-1-2-8-3-5(4)7/h4-5,8H,1-3,7H2/t4-,5-/m1/s1. The molecular weight excluding hydrogens is 107 g/mol. The van der Waals surface area contributed by atoms with Gasteiger partial charge in [-0.2, -0.15) is 0 Å². The van der Waals surface area contributed by atoms with Crippen LogP contribution in [0.2, 0.25) is 0 Å². The number of rotatable bonds is 0. The van der Waals surface area contributed by atoms with Crippen molar-refractivity contribution in [1.82, 2.24) is 5.32 Å². The zero-order valence-electron chi connectivity index (χ0n) is 4.73. The summed E-state index contributed by atoms with van der Waals surface area (Å²) < 4.78 is 12.4. The van der Waals surface area contributed by atoms with E-state index in [1.54, 1.807) is 0 Å². The van der Waals surface area contributed by atoms with Crippen LogP contribution in [-0.2, 0) is 0 Å². The highest BCUT2D eigenvalue weighted by molar-refractivity contribution is 4.79. The van der Waals surface area contributed by atoms with Crippen LogP contribution in [0.5, 0.6) is 0 Å². The molecule has 1 saturated heterocycles. The summed E-state index contributed by atoms with van der Waals surface area (Å²) in [6, 6.07) is -0.274. The van der Waals surface area contributed by atoms with E-state index in [1.807, 2.05) is 0 Å². The van der Waals surface area contributed by atoms with E-state index in [-0.39, 0.29) is 6.04 Å². The Hall–Kier alpha value is -0.150. The largest absolute Gasteiger partial charge is 0.324 e. The van der Waals surface area contributed by atoms with Gasteiger partial charge in [0.05, 0.1) is 0 Å². The molecular formula is C5H11FN2. The summed E-state index contributed by atoms with van der Waals surface area (Å²) in [4.78, 5) is 0. The molecule has 48 valence electrons. The fourth-order valence-electron chi connectivity index (χ4n) is 0.851. The Morgan fingerprint density at radius 2 is 2.38 bits per heavy atom. The summed E-state index contributed by atoms with van der Waals surface area (Å²) in [5.74, 6) is 0. The molecule has 2 nitrogen and oxygen atoms in total. The van der Waals surface area contributed by atoms with Gasteiger partial charge in [0.2, 0.25) is 0 Å². The van der Waals surface area contributed by atoms with Gasteiger partial charge in [0.25, 0.3) is 0 Å². The summed E-state index contributed by atoms with van der Waals surface area (Å²) in [5, 5.41) is 3.00. The second-order valence-electron chi connectivity index (χ2n) is 2.17. The van der Waals surface area contributed by atoms with Crippen LogP contribution in [0.1, 0.15) is 6.42 Å². The van der Waals surface area contributed by atoms with Crippen molar-refractivity contribution in [2.75, 3.05) is 13.1 Å². The van der Waals surface area contributed by atoms with Gasteiger partial charge in [-0.05, 0) is 13.0 Å². The second-order valence-corrected chi connectivity index (χ2v) is 2.17. The van der Waals surface area contributed by atoms with E-state index >= 15 is 0 Å². The quantitative estimate of drug-likeness (QED) is 0.456. The first-order valence-electron chi connectivity index (χ1n) is 2.91. The molecule has 0 spiro atoms. The highest BCUT2D eigenvalue weighted by atomic mass is 19.1.